The van der Waals surface area contributed by atoms with Crippen LogP contribution in [0.15, 0.2) is 5.38 Å². The first kappa shape index (κ1) is 13.6. The molecule has 0 unspecified atom stereocenters. The summed E-state index contributed by atoms with van der Waals surface area (Å²) in [6.07, 6.45) is 0. The molecular weight excluding hydrogens is 270 g/mol. The van der Waals surface area contributed by atoms with Gasteiger partial charge in [-0.15, -0.1) is 11.3 Å². The maximum absolute atomic E-state index is 4.78. The van der Waals surface area contributed by atoms with E-state index in [9.17, 15) is 0 Å². The summed E-state index contributed by atoms with van der Waals surface area (Å²) in [5.41, 5.74) is 1.33. The van der Waals surface area contributed by atoms with E-state index in [0.29, 0.717) is 5.92 Å². The van der Waals surface area contributed by atoms with Crippen molar-refractivity contribution in [2.45, 2.75) is 19.8 Å². The molecular formula is C14H21N5S. The van der Waals surface area contributed by atoms with Crippen molar-refractivity contribution in [1.29, 1.82) is 0 Å². The molecule has 0 amide bonds. The predicted octanol–water partition coefficient (Wildman–Crippen LogP) is 2.27. The van der Waals surface area contributed by atoms with Gasteiger partial charge < -0.3 is 15.5 Å². The standard InChI is InChI=1S/C14H21N5S/c1-9(2)10-8-20-13-11(10)12(15-3)17-14(18-13)19-6-4-16-5-7-19/h8-9,16H,4-7H2,1-3H3,(H,15,17,18). The van der Waals surface area contributed by atoms with Crippen molar-refractivity contribution < 1.29 is 0 Å². The monoisotopic (exact) mass is 291 g/mol. The molecule has 0 aliphatic carbocycles. The highest BCUT2D eigenvalue weighted by molar-refractivity contribution is 7.17. The SMILES string of the molecule is CNc1nc(N2CCNCC2)nc2scc(C(C)C)c12. The maximum Gasteiger partial charge on any atom is 0.228 e. The zero-order chi connectivity index (χ0) is 14.1. The van der Waals surface area contributed by atoms with Gasteiger partial charge in [-0.2, -0.15) is 4.98 Å². The Morgan fingerprint density at radius 3 is 2.70 bits per heavy atom. The van der Waals surface area contributed by atoms with Crippen LogP contribution in [0.4, 0.5) is 11.8 Å². The highest BCUT2D eigenvalue weighted by atomic mass is 32.1. The first-order valence-electron chi connectivity index (χ1n) is 7.13. The number of hydrogen-bond acceptors (Lipinski definition) is 6. The lowest BCUT2D eigenvalue weighted by Gasteiger charge is -2.27. The van der Waals surface area contributed by atoms with Gasteiger partial charge in [-0.25, -0.2) is 4.98 Å². The van der Waals surface area contributed by atoms with Crippen LogP contribution >= 0.6 is 11.3 Å². The normalized spacial score (nSPS) is 16.1. The van der Waals surface area contributed by atoms with Crippen LogP contribution in [0.1, 0.15) is 25.3 Å². The molecule has 5 nitrogen and oxygen atoms in total. The van der Waals surface area contributed by atoms with Crippen molar-refractivity contribution in [3.05, 3.63) is 10.9 Å². The van der Waals surface area contributed by atoms with E-state index in [1.165, 1.54) is 10.9 Å². The average molecular weight is 291 g/mol. The largest absolute Gasteiger partial charge is 0.372 e. The first-order valence-corrected chi connectivity index (χ1v) is 8.01. The fraction of sp³-hybridized carbons (Fsp3) is 0.571. The van der Waals surface area contributed by atoms with Crippen LogP contribution in [0.5, 0.6) is 0 Å². The highest BCUT2D eigenvalue weighted by Crippen LogP contribution is 2.35. The quantitative estimate of drug-likeness (QED) is 0.908. The zero-order valence-electron chi connectivity index (χ0n) is 12.2. The fourth-order valence-electron chi connectivity index (χ4n) is 2.56. The van der Waals surface area contributed by atoms with Gasteiger partial charge in [-0.1, -0.05) is 13.8 Å². The van der Waals surface area contributed by atoms with Crippen LogP contribution < -0.4 is 15.5 Å². The molecule has 1 aliphatic heterocycles. The second-order valence-corrected chi connectivity index (χ2v) is 6.24. The molecule has 0 spiro atoms. The topological polar surface area (TPSA) is 53.1 Å². The predicted molar refractivity (Wildman–Crippen MR) is 86.1 cm³/mol. The van der Waals surface area contributed by atoms with Crippen molar-refractivity contribution >= 4 is 33.3 Å². The number of fused-ring (bicyclic) bond motifs is 1. The number of nitrogens with one attached hydrogen (secondary N) is 2. The number of hydrogen-bond donors (Lipinski definition) is 2. The van der Waals surface area contributed by atoms with Gasteiger partial charge in [0.05, 0.1) is 5.39 Å². The summed E-state index contributed by atoms with van der Waals surface area (Å²) in [7, 11) is 1.94. The molecule has 0 saturated carbocycles. The molecule has 2 aromatic rings. The Bertz CT molecular complexity index is 601. The average Bonchev–Trinajstić information content (AvgIpc) is 2.91. The van der Waals surface area contributed by atoms with Crippen LogP contribution in [0, 0.1) is 0 Å². The molecule has 20 heavy (non-hydrogen) atoms. The molecule has 1 saturated heterocycles. The van der Waals surface area contributed by atoms with Gasteiger partial charge in [0.15, 0.2) is 0 Å². The Hall–Kier alpha value is -1.40. The molecule has 6 heteroatoms. The van der Waals surface area contributed by atoms with Crippen LogP contribution in [0.3, 0.4) is 0 Å². The zero-order valence-corrected chi connectivity index (χ0v) is 13.0. The molecule has 1 aliphatic rings. The summed E-state index contributed by atoms with van der Waals surface area (Å²) in [5, 5.41) is 10.0. The van der Waals surface area contributed by atoms with Crippen molar-refractivity contribution in [2.75, 3.05) is 43.4 Å². The number of nitrogens with zero attached hydrogens (tertiary/aromatic N) is 3. The molecule has 1 fully saturated rings. The van der Waals surface area contributed by atoms with Crippen molar-refractivity contribution in [2.24, 2.45) is 0 Å². The van der Waals surface area contributed by atoms with E-state index < -0.39 is 0 Å². The number of thiophene rings is 1. The lowest BCUT2D eigenvalue weighted by molar-refractivity contribution is 0.581. The summed E-state index contributed by atoms with van der Waals surface area (Å²) in [4.78, 5) is 12.9. The summed E-state index contributed by atoms with van der Waals surface area (Å²) in [6, 6.07) is 0. The summed E-state index contributed by atoms with van der Waals surface area (Å²) < 4.78 is 0. The van der Waals surface area contributed by atoms with Crippen LogP contribution in [-0.4, -0.2) is 43.2 Å². The van der Waals surface area contributed by atoms with E-state index in [2.05, 4.69) is 34.8 Å². The number of piperazine rings is 1. The van der Waals surface area contributed by atoms with Crippen LogP contribution in [0.25, 0.3) is 10.2 Å². The van der Waals surface area contributed by atoms with Gasteiger partial charge in [-0.05, 0) is 16.9 Å². The van der Waals surface area contributed by atoms with Crippen LogP contribution in [0.2, 0.25) is 0 Å². The van der Waals surface area contributed by atoms with E-state index in [4.69, 9.17) is 9.97 Å². The van der Waals surface area contributed by atoms with Gasteiger partial charge in [-0.3, -0.25) is 0 Å². The molecule has 2 aromatic heterocycles. The molecule has 2 N–H and O–H groups in total. The summed E-state index contributed by atoms with van der Waals surface area (Å²) in [6.45, 7) is 8.36. The number of rotatable bonds is 3. The molecule has 108 valence electrons. The minimum atomic E-state index is 0.490. The van der Waals surface area contributed by atoms with Gasteiger partial charge in [0.25, 0.3) is 0 Å². The fourth-order valence-corrected chi connectivity index (χ4v) is 3.66. The van der Waals surface area contributed by atoms with Crippen molar-refractivity contribution in [1.82, 2.24) is 15.3 Å². The third kappa shape index (κ3) is 2.33. The van der Waals surface area contributed by atoms with E-state index in [0.717, 1.165) is 42.8 Å². The Balaban J connectivity index is 2.08. The minimum Gasteiger partial charge on any atom is -0.372 e. The first-order chi connectivity index (χ1) is 9.70. The minimum absolute atomic E-state index is 0.490. The van der Waals surface area contributed by atoms with Crippen molar-refractivity contribution in [3.63, 3.8) is 0 Å². The molecule has 0 bridgehead atoms. The van der Waals surface area contributed by atoms with Crippen molar-refractivity contribution in [3.8, 4) is 0 Å². The second kappa shape index (κ2) is 5.54. The molecule has 3 heterocycles. The number of aromatic nitrogens is 2. The lowest BCUT2D eigenvalue weighted by atomic mass is 10.0. The number of anilines is 2. The van der Waals surface area contributed by atoms with Gasteiger partial charge in [0.2, 0.25) is 5.95 Å². The Labute approximate surface area is 123 Å². The maximum atomic E-state index is 4.78. The smallest absolute Gasteiger partial charge is 0.228 e. The highest BCUT2D eigenvalue weighted by Gasteiger charge is 2.19. The van der Waals surface area contributed by atoms with E-state index >= 15 is 0 Å². The van der Waals surface area contributed by atoms with Gasteiger partial charge >= 0.3 is 0 Å². The Morgan fingerprint density at radius 1 is 1.30 bits per heavy atom. The third-order valence-corrected chi connectivity index (χ3v) is 4.60. The summed E-state index contributed by atoms with van der Waals surface area (Å²) >= 11 is 1.72. The Morgan fingerprint density at radius 2 is 2.05 bits per heavy atom. The van der Waals surface area contributed by atoms with Crippen LogP contribution in [-0.2, 0) is 0 Å². The Kier molecular flexibility index (Phi) is 3.76. The lowest BCUT2D eigenvalue weighted by Crippen LogP contribution is -2.44. The van der Waals surface area contributed by atoms with E-state index in [1.54, 1.807) is 11.3 Å². The molecule has 3 rings (SSSR count). The van der Waals surface area contributed by atoms with Gasteiger partial charge in [0, 0.05) is 33.2 Å². The molecule has 0 aromatic carbocycles. The third-order valence-electron chi connectivity index (χ3n) is 3.71. The van der Waals surface area contributed by atoms with E-state index in [1.807, 2.05) is 7.05 Å². The molecule has 0 atom stereocenters. The van der Waals surface area contributed by atoms with E-state index in [-0.39, 0.29) is 0 Å². The summed E-state index contributed by atoms with van der Waals surface area (Å²) in [5.74, 6) is 2.29. The molecule has 0 radical (unpaired) electrons. The van der Waals surface area contributed by atoms with Gasteiger partial charge in [0.1, 0.15) is 10.6 Å². The second-order valence-electron chi connectivity index (χ2n) is 5.39.